The molecule has 0 fully saturated rings. The van der Waals surface area contributed by atoms with Crippen LogP contribution in [0, 0.1) is 17.2 Å². The summed E-state index contributed by atoms with van der Waals surface area (Å²) < 4.78 is 0. The molecule has 0 aliphatic carbocycles. The molecule has 0 bridgehead atoms. The van der Waals surface area contributed by atoms with Crippen LogP contribution in [0.5, 0.6) is 0 Å². The number of nitrogens with zero attached hydrogens (tertiary/aromatic N) is 1. The number of benzene rings is 2. The molecule has 0 aliphatic heterocycles. The van der Waals surface area contributed by atoms with E-state index in [0.717, 1.165) is 11.1 Å². The predicted molar refractivity (Wildman–Crippen MR) is 79.1 cm³/mol. The van der Waals surface area contributed by atoms with Crippen LogP contribution < -0.4 is 0 Å². The molecule has 0 unspecified atom stereocenters. The summed E-state index contributed by atoms with van der Waals surface area (Å²) >= 11 is 0. The molecular weight excluding hydrogens is 246 g/mol. The Labute approximate surface area is 119 Å². The van der Waals surface area contributed by atoms with Crippen LogP contribution in [0.25, 0.3) is 0 Å². The minimum Gasteiger partial charge on any atom is -0.300 e. The maximum atomic E-state index is 11.9. The fourth-order valence-electron chi connectivity index (χ4n) is 2.60. The van der Waals surface area contributed by atoms with E-state index in [1.54, 1.807) is 6.92 Å². The summed E-state index contributed by atoms with van der Waals surface area (Å²) in [5, 5.41) is 9.90. The van der Waals surface area contributed by atoms with E-state index >= 15 is 0 Å². The maximum Gasteiger partial charge on any atom is 0.134 e. The van der Waals surface area contributed by atoms with Gasteiger partial charge in [0.15, 0.2) is 0 Å². The van der Waals surface area contributed by atoms with E-state index in [2.05, 4.69) is 6.07 Å². The summed E-state index contributed by atoms with van der Waals surface area (Å²) in [6.45, 7) is 3.37. The van der Waals surface area contributed by atoms with E-state index in [1.807, 2.05) is 67.6 Å². The van der Waals surface area contributed by atoms with E-state index in [1.165, 1.54) is 0 Å². The number of Topliss-reactive ketones (excluding diaryl/α,β-unsaturated/α-hetero) is 1. The van der Waals surface area contributed by atoms with Gasteiger partial charge in [0.25, 0.3) is 0 Å². The molecule has 2 aromatic carbocycles. The minimum atomic E-state index is -0.936. The van der Waals surface area contributed by atoms with Gasteiger partial charge in [-0.15, -0.1) is 0 Å². The molecule has 0 radical (unpaired) electrons. The molecule has 0 amide bonds. The van der Waals surface area contributed by atoms with Gasteiger partial charge in [0.1, 0.15) is 11.2 Å². The number of hydrogen-bond donors (Lipinski definition) is 0. The van der Waals surface area contributed by atoms with Gasteiger partial charge in [-0.1, -0.05) is 67.6 Å². The third-order valence-electron chi connectivity index (χ3n) is 3.89. The van der Waals surface area contributed by atoms with Crippen molar-refractivity contribution in [1.82, 2.24) is 0 Å². The fraction of sp³-hybridized carbons (Fsp3) is 0.222. The highest BCUT2D eigenvalue weighted by Crippen LogP contribution is 2.39. The first-order valence-corrected chi connectivity index (χ1v) is 6.65. The van der Waals surface area contributed by atoms with Crippen molar-refractivity contribution in [1.29, 1.82) is 5.26 Å². The van der Waals surface area contributed by atoms with Gasteiger partial charge in [-0.05, 0) is 18.1 Å². The van der Waals surface area contributed by atoms with Gasteiger partial charge >= 0.3 is 0 Å². The summed E-state index contributed by atoms with van der Waals surface area (Å²) in [5.74, 6) is -0.392. The second kappa shape index (κ2) is 5.71. The van der Waals surface area contributed by atoms with Crippen LogP contribution in [0.3, 0.4) is 0 Å². The number of ketones is 1. The van der Waals surface area contributed by atoms with Crippen molar-refractivity contribution in [2.45, 2.75) is 19.3 Å². The number of hydrogen-bond acceptors (Lipinski definition) is 2. The third-order valence-corrected chi connectivity index (χ3v) is 3.89. The van der Waals surface area contributed by atoms with Crippen molar-refractivity contribution in [3.63, 3.8) is 0 Å². The lowest BCUT2D eigenvalue weighted by atomic mass is 9.66. The average molecular weight is 263 g/mol. The van der Waals surface area contributed by atoms with E-state index in [-0.39, 0.29) is 5.78 Å². The monoisotopic (exact) mass is 263 g/mol. The first kappa shape index (κ1) is 14.0. The van der Waals surface area contributed by atoms with Crippen molar-refractivity contribution < 1.29 is 4.79 Å². The first-order chi connectivity index (χ1) is 9.63. The highest BCUT2D eigenvalue weighted by molar-refractivity contribution is 5.82. The van der Waals surface area contributed by atoms with E-state index in [0.29, 0.717) is 0 Å². The molecule has 2 aromatic rings. The number of carbonyl (C=O) groups excluding carboxylic acids is 1. The lowest BCUT2D eigenvalue weighted by Gasteiger charge is -2.32. The Bertz CT molecular complexity index is 586. The van der Waals surface area contributed by atoms with Crippen molar-refractivity contribution in [3.8, 4) is 6.07 Å². The van der Waals surface area contributed by atoms with Gasteiger partial charge in [0.2, 0.25) is 0 Å². The summed E-state index contributed by atoms with van der Waals surface area (Å²) in [6.07, 6.45) is 0. The largest absolute Gasteiger partial charge is 0.300 e. The zero-order chi connectivity index (χ0) is 14.6. The Kier molecular flexibility index (Phi) is 4.00. The van der Waals surface area contributed by atoms with Gasteiger partial charge in [-0.25, -0.2) is 0 Å². The third kappa shape index (κ3) is 2.23. The molecule has 20 heavy (non-hydrogen) atoms. The smallest absolute Gasteiger partial charge is 0.134 e. The Hall–Kier alpha value is -2.40. The van der Waals surface area contributed by atoms with Gasteiger partial charge in [-0.2, -0.15) is 5.26 Å². The zero-order valence-corrected chi connectivity index (χ0v) is 11.7. The maximum absolute atomic E-state index is 11.9. The van der Waals surface area contributed by atoms with Crippen molar-refractivity contribution in [2.24, 2.45) is 5.92 Å². The molecule has 100 valence electrons. The molecule has 0 aromatic heterocycles. The summed E-state index contributed by atoms with van der Waals surface area (Å²) in [5.41, 5.74) is 0.779. The van der Waals surface area contributed by atoms with Crippen LogP contribution >= 0.6 is 0 Å². The first-order valence-electron chi connectivity index (χ1n) is 6.65. The molecule has 0 heterocycles. The normalized spacial score (nSPS) is 12.4. The molecule has 0 saturated heterocycles. The second-order valence-corrected chi connectivity index (χ2v) is 4.98. The molecule has 0 saturated carbocycles. The lowest BCUT2D eigenvalue weighted by molar-refractivity contribution is -0.121. The Morgan fingerprint density at radius 2 is 1.40 bits per heavy atom. The van der Waals surface area contributed by atoms with Crippen LogP contribution in [-0.2, 0) is 10.2 Å². The molecule has 2 heteroatoms. The molecule has 0 aliphatic rings. The molecule has 1 atom stereocenters. The topological polar surface area (TPSA) is 40.9 Å². The minimum absolute atomic E-state index is 0.0132. The van der Waals surface area contributed by atoms with Gasteiger partial charge in [0, 0.05) is 5.92 Å². The Morgan fingerprint density at radius 3 is 1.70 bits per heavy atom. The van der Waals surface area contributed by atoms with Gasteiger partial charge < -0.3 is 0 Å². The predicted octanol–water partition coefficient (Wildman–Crippen LogP) is 3.72. The quantitative estimate of drug-likeness (QED) is 0.843. The summed E-state index contributed by atoms with van der Waals surface area (Å²) in [6, 6.07) is 21.5. The van der Waals surface area contributed by atoms with Crippen LogP contribution in [0.2, 0.25) is 0 Å². The van der Waals surface area contributed by atoms with Crippen LogP contribution in [0.1, 0.15) is 25.0 Å². The Morgan fingerprint density at radius 1 is 1.00 bits per heavy atom. The zero-order valence-electron chi connectivity index (χ0n) is 11.7. The standard InChI is InChI=1S/C18H17NO/c1-14(15(2)20)18(13-19,16-9-5-3-6-10-16)17-11-7-4-8-12-17/h3-12,14H,1-2H3/t14-/m0/s1. The van der Waals surface area contributed by atoms with Crippen molar-refractivity contribution in [2.75, 3.05) is 0 Å². The van der Waals surface area contributed by atoms with Crippen LogP contribution in [-0.4, -0.2) is 5.78 Å². The second-order valence-electron chi connectivity index (χ2n) is 4.98. The van der Waals surface area contributed by atoms with E-state index < -0.39 is 11.3 Å². The number of rotatable bonds is 4. The fourth-order valence-corrected chi connectivity index (χ4v) is 2.60. The Balaban J connectivity index is 2.72. The molecule has 2 rings (SSSR count). The summed E-state index contributed by atoms with van der Waals surface area (Å²) in [4.78, 5) is 11.9. The van der Waals surface area contributed by atoms with Gasteiger partial charge in [-0.3, -0.25) is 4.79 Å². The number of carbonyl (C=O) groups is 1. The van der Waals surface area contributed by atoms with Crippen molar-refractivity contribution >= 4 is 5.78 Å². The molecular formula is C18H17NO. The lowest BCUT2D eigenvalue weighted by Crippen LogP contribution is -2.37. The van der Waals surface area contributed by atoms with Gasteiger partial charge in [0.05, 0.1) is 6.07 Å². The summed E-state index contributed by atoms with van der Waals surface area (Å²) in [7, 11) is 0. The molecule has 2 nitrogen and oxygen atoms in total. The van der Waals surface area contributed by atoms with E-state index in [4.69, 9.17) is 0 Å². The molecule has 0 N–H and O–H groups in total. The SMILES string of the molecule is CC(=O)[C@H](C)C(C#N)(c1ccccc1)c1ccccc1. The number of nitriles is 1. The van der Waals surface area contributed by atoms with Crippen molar-refractivity contribution in [3.05, 3.63) is 71.8 Å². The average Bonchev–Trinajstić information content (AvgIpc) is 2.50. The van der Waals surface area contributed by atoms with Crippen LogP contribution in [0.15, 0.2) is 60.7 Å². The highest BCUT2D eigenvalue weighted by atomic mass is 16.1. The van der Waals surface area contributed by atoms with Crippen LogP contribution in [0.4, 0.5) is 0 Å². The van der Waals surface area contributed by atoms with E-state index in [9.17, 15) is 10.1 Å². The molecule has 0 spiro atoms. The highest BCUT2D eigenvalue weighted by Gasteiger charge is 2.42.